The molecule has 6 aromatic rings. The number of benzene rings is 5. The highest BCUT2D eigenvalue weighted by Gasteiger charge is 2.33. The number of rotatable bonds is 5. The molecule has 0 radical (unpaired) electrons. The highest BCUT2D eigenvalue weighted by Crippen LogP contribution is 2.45. The van der Waals surface area contributed by atoms with Crippen LogP contribution in [0.25, 0.3) is 33.3 Å². The number of nitrogens with zero attached hydrogens (tertiary/aromatic N) is 1. The van der Waals surface area contributed by atoms with E-state index in [1.807, 2.05) is 115 Å². The van der Waals surface area contributed by atoms with Crippen LogP contribution in [0.15, 0.2) is 140 Å². The summed E-state index contributed by atoms with van der Waals surface area (Å²) in [7, 11) is -3.39. The molecule has 0 saturated carbocycles. The first-order valence-electron chi connectivity index (χ1n) is 12.7. The van der Waals surface area contributed by atoms with Gasteiger partial charge in [-0.3, -0.25) is 0 Å². The van der Waals surface area contributed by atoms with Gasteiger partial charge in [0.1, 0.15) is 0 Å². The third kappa shape index (κ3) is 4.63. The summed E-state index contributed by atoms with van der Waals surface area (Å²) in [4.78, 5) is 4.99. The van der Waals surface area contributed by atoms with Gasteiger partial charge in [0.2, 0.25) is 0 Å². The fourth-order valence-corrected chi connectivity index (χ4v) is 7.83. The molecule has 0 fully saturated rings. The molecular formula is C34H23F3NOP. The standard InChI is InChI=1S/C34H23F3NOP/c35-34(36,37)26-21-19-25(20-22-26)31-23-30(24-11-4-1-5-12-24)29-17-10-18-32(33(29)38-31)40(39,27-13-6-2-7-14-27)28-15-8-3-9-16-28/h1-23H. The largest absolute Gasteiger partial charge is 0.416 e. The molecule has 0 aliphatic carbocycles. The Hall–Kier alpha value is -4.47. The topological polar surface area (TPSA) is 30.0 Å². The predicted molar refractivity (Wildman–Crippen MR) is 157 cm³/mol. The van der Waals surface area contributed by atoms with Gasteiger partial charge in [-0.1, -0.05) is 115 Å². The van der Waals surface area contributed by atoms with Gasteiger partial charge in [-0.05, 0) is 35.4 Å². The van der Waals surface area contributed by atoms with Gasteiger partial charge in [0.05, 0.1) is 16.8 Å². The number of pyridine rings is 1. The Bertz CT molecular complexity index is 1790. The fraction of sp³-hybridized carbons (Fsp3) is 0.0294. The van der Waals surface area contributed by atoms with Crippen molar-refractivity contribution in [3.05, 3.63) is 145 Å². The van der Waals surface area contributed by atoms with Crippen molar-refractivity contribution in [1.82, 2.24) is 4.98 Å². The van der Waals surface area contributed by atoms with Crippen LogP contribution < -0.4 is 15.9 Å². The number of alkyl halides is 3. The molecule has 1 heterocycles. The minimum atomic E-state index is -4.43. The van der Waals surface area contributed by atoms with Gasteiger partial charge >= 0.3 is 6.18 Å². The second-order valence-electron chi connectivity index (χ2n) is 9.45. The van der Waals surface area contributed by atoms with Gasteiger partial charge < -0.3 is 4.57 Å². The summed E-state index contributed by atoms with van der Waals surface area (Å²) in [5, 5.41) is 2.74. The van der Waals surface area contributed by atoms with Crippen molar-refractivity contribution < 1.29 is 17.7 Å². The molecule has 0 bridgehead atoms. The summed E-state index contributed by atoms with van der Waals surface area (Å²) in [6.07, 6.45) is -4.43. The molecule has 0 aliphatic heterocycles. The highest BCUT2D eigenvalue weighted by atomic mass is 31.2. The maximum absolute atomic E-state index is 15.3. The number of halogens is 3. The summed E-state index contributed by atoms with van der Waals surface area (Å²) in [5.41, 5.74) is 2.65. The normalized spacial score (nSPS) is 12.0. The van der Waals surface area contributed by atoms with Crippen LogP contribution in [0.4, 0.5) is 13.2 Å². The summed E-state index contributed by atoms with van der Waals surface area (Å²) in [6.45, 7) is 0. The van der Waals surface area contributed by atoms with Crippen LogP contribution >= 0.6 is 7.14 Å². The third-order valence-corrected chi connectivity index (χ3v) is 10.1. The van der Waals surface area contributed by atoms with Crippen LogP contribution in [0.2, 0.25) is 0 Å². The van der Waals surface area contributed by atoms with E-state index in [2.05, 4.69) is 0 Å². The molecular weight excluding hydrogens is 526 g/mol. The summed E-state index contributed by atoms with van der Waals surface area (Å²) < 4.78 is 55.1. The van der Waals surface area contributed by atoms with E-state index in [-0.39, 0.29) is 0 Å². The van der Waals surface area contributed by atoms with Crippen molar-refractivity contribution in [3.63, 3.8) is 0 Å². The van der Waals surface area contributed by atoms with Crippen molar-refractivity contribution in [1.29, 1.82) is 0 Å². The van der Waals surface area contributed by atoms with Gasteiger partial charge in [-0.2, -0.15) is 13.2 Å². The van der Waals surface area contributed by atoms with E-state index in [0.29, 0.717) is 32.7 Å². The molecule has 0 spiro atoms. The third-order valence-electron chi connectivity index (χ3n) is 6.99. The molecule has 2 nitrogen and oxygen atoms in total. The van der Waals surface area contributed by atoms with Gasteiger partial charge in [-0.15, -0.1) is 0 Å². The minimum absolute atomic E-state index is 0.500. The first-order chi connectivity index (χ1) is 19.4. The van der Waals surface area contributed by atoms with Crippen molar-refractivity contribution >= 4 is 34.0 Å². The Balaban J connectivity index is 1.68. The Morgan fingerprint density at radius 2 is 1.12 bits per heavy atom. The number of fused-ring (bicyclic) bond motifs is 1. The van der Waals surface area contributed by atoms with Crippen molar-refractivity contribution in [2.24, 2.45) is 0 Å². The molecule has 0 amide bonds. The first kappa shape index (κ1) is 25.8. The molecule has 6 rings (SSSR count). The Labute approximate surface area is 230 Å². The molecule has 0 saturated heterocycles. The van der Waals surface area contributed by atoms with Crippen LogP contribution in [-0.2, 0) is 10.7 Å². The van der Waals surface area contributed by atoms with Crippen LogP contribution in [0.5, 0.6) is 0 Å². The van der Waals surface area contributed by atoms with Crippen LogP contribution in [-0.4, -0.2) is 4.98 Å². The van der Waals surface area contributed by atoms with Crippen LogP contribution in [0, 0.1) is 0 Å². The van der Waals surface area contributed by atoms with Crippen LogP contribution in [0.1, 0.15) is 5.56 Å². The van der Waals surface area contributed by atoms with Crippen molar-refractivity contribution in [3.8, 4) is 22.4 Å². The SMILES string of the molecule is O=P(c1ccccc1)(c1ccccc1)c1cccc2c(-c3ccccc3)cc(-c3ccc(C(F)(F)F)cc3)nc12. The van der Waals surface area contributed by atoms with E-state index in [0.717, 1.165) is 28.6 Å². The molecule has 1 aromatic heterocycles. The van der Waals surface area contributed by atoms with E-state index in [9.17, 15) is 13.2 Å². The maximum Gasteiger partial charge on any atom is 0.416 e. The summed E-state index contributed by atoms with van der Waals surface area (Å²) in [5.74, 6) is 0. The van der Waals surface area contributed by atoms with E-state index in [1.165, 1.54) is 12.1 Å². The Morgan fingerprint density at radius 3 is 1.68 bits per heavy atom. The molecule has 196 valence electrons. The second kappa shape index (κ2) is 10.3. The zero-order valence-corrected chi connectivity index (χ0v) is 22.1. The second-order valence-corrected chi connectivity index (χ2v) is 12.2. The van der Waals surface area contributed by atoms with E-state index in [1.54, 1.807) is 0 Å². The summed E-state index contributed by atoms with van der Waals surface area (Å²) >= 11 is 0. The molecule has 40 heavy (non-hydrogen) atoms. The Morgan fingerprint density at radius 1 is 0.575 bits per heavy atom. The van der Waals surface area contributed by atoms with Gasteiger partial charge in [-0.25, -0.2) is 4.98 Å². The Kier molecular flexibility index (Phi) is 6.61. The van der Waals surface area contributed by atoms with Crippen LogP contribution in [0.3, 0.4) is 0 Å². The molecule has 6 heteroatoms. The quantitative estimate of drug-likeness (QED) is 0.203. The lowest BCUT2D eigenvalue weighted by atomic mass is 9.98. The average Bonchev–Trinajstić information content (AvgIpc) is 3.01. The van der Waals surface area contributed by atoms with Crippen molar-refractivity contribution in [2.75, 3.05) is 0 Å². The zero-order valence-electron chi connectivity index (χ0n) is 21.2. The number of hydrogen-bond acceptors (Lipinski definition) is 2. The molecule has 5 aromatic carbocycles. The molecule has 0 N–H and O–H groups in total. The number of para-hydroxylation sites is 1. The summed E-state index contributed by atoms with van der Waals surface area (Å²) in [6, 6.07) is 41.0. The zero-order chi connectivity index (χ0) is 27.7. The lowest BCUT2D eigenvalue weighted by Crippen LogP contribution is -2.26. The number of aromatic nitrogens is 1. The van der Waals surface area contributed by atoms with Crippen molar-refractivity contribution in [2.45, 2.75) is 6.18 Å². The van der Waals surface area contributed by atoms with Gasteiger partial charge in [0.25, 0.3) is 0 Å². The minimum Gasteiger partial charge on any atom is -0.309 e. The lowest BCUT2D eigenvalue weighted by molar-refractivity contribution is -0.137. The highest BCUT2D eigenvalue weighted by molar-refractivity contribution is 7.85. The fourth-order valence-electron chi connectivity index (χ4n) is 5.02. The van der Waals surface area contributed by atoms with E-state index in [4.69, 9.17) is 4.98 Å². The molecule has 0 aliphatic rings. The maximum atomic E-state index is 15.3. The molecule has 0 atom stereocenters. The van der Waals surface area contributed by atoms with Gasteiger partial charge in [0, 0.05) is 26.9 Å². The molecule has 0 unspecified atom stereocenters. The predicted octanol–water partition coefficient (Wildman–Crippen LogP) is 8.23. The lowest BCUT2D eigenvalue weighted by Gasteiger charge is -2.22. The monoisotopic (exact) mass is 549 g/mol. The number of hydrogen-bond donors (Lipinski definition) is 0. The van der Waals surface area contributed by atoms with E-state index < -0.39 is 18.9 Å². The average molecular weight is 550 g/mol. The van der Waals surface area contributed by atoms with Gasteiger partial charge in [0.15, 0.2) is 7.14 Å². The smallest absolute Gasteiger partial charge is 0.309 e. The first-order valence-corrected chi connectivity index (χ1v) is 14.4. The van der Waals surface area contributed by atoms with E-state index >= 15 is 4.57 Å².